The molecular weight excluding hydrogens is 454 g/mol. The van der Waals surface area contributed by atoms with Gasteiger partial charge in [-0.1, -0.05) is 40.2 Å². The maximum Gasteiger partial charge on any atom is 0.137 e. The van der Waals surface area contributed by atoms with Gasteiger partial charge >= 0.3 is 0 Å². The smallest absolute Gasteiger partial charge is 0.137 e. The number of phenols is 1. The number of azo groups is 1. The number of aliphatic imine (C=N–C) groups is 1. The summed E-state index contributed by atoms with van der Waals surface area (Å²) in [7, 11) is 0. The van der Waals surface area contributed by atoms with Gasteiger partial charge in [0.25, 0.3) is 0 Å². The van der Waals surface area contributed by atoms with Crippen LogP contribution in [0, 0.1) is 0 Å². The van der Waals surface area contributed by atoms with Crippen LogP contribution in [-0.4, -0.2) is 11.3 Å². The van der Waals surface area contributed by atoms with Crippen LogP contribution in [0.15, 0.2) is 109 Å². The Balaban J connectivity index is 1.42. The summed E-state index contributed by atoms with van der Waals surface area (Å²) in [4.78, 5) is 4.51. The number of halogens is 1. The van der Waals surface area contributed by atoms with E-state index >= 15 is 0 Å². The van der Waals surface area contributed by atoms with Crippen molar-refractivity contribution in [2.45, 2.75) is 0 Å². The molecular formula is C25H16BrN3O2. The molecule has 0 atom stereocenters. The highest BCUT2D eigenvalue weighted by molar-refractivity contribution is 9.10. The van der Waals surface area contributed by atoms with E-state index < -0.39 is 0 Å². The van der Waals surface area contributed by atoms with E-state index in [0.717, 1.165) is 37.8 Å². The van der Waals surface area contributed by atoms with E-state index in [9.17, 15) is 5.11 Å². The minimum atomic E-state index is 0.120. The topological polar surface area (TPSA) is 70.5 Å². The number of para-hydroxylation sites is 1. The zero-order valence-corrected chi connectivity index (χ0v) is 17.8. The van der Waals surface area contributed by atoms with E-state index in [1.165, 1.54) is 0 Å². The number of aromatic hydroxyl groups is 1. The fourth-order valence-corrected chi connectivity index (χ4v) is 3.69. The Bertz CT molecular complexity index is 1470. The van der Waals surface area contributed by atoms with Crippen molar-refractivity contribution in [3.8, 4) is 5.75 Å². The lowest BCUT2D eigenvalue weighted by Crippen LogP contribution is -1.82. The number of hydrogen-bond donors (Lipinski definition) is 1. The van der Waals surface area contributed by atoms with Crippen LogP contribution in [0.5, 0.6) is 5.75 Å². The molecule has 0 aliphatic heterocycles. The highest BCUT2D eigenvalue weighted by atomic mass is 79.9. The maximum atomic E-state index is 10.2. The predicted molar refractivity (Wildman–Crippen MR) is 127 cm³/mol. The molecule has 5 nitrogen and oxygen atoms in total. The summed E-state index contributed by atoms with van der Waals surface area (Å²) < 4.78 is 6.85. The van der Waals surface area contributed by atoms with Crippen LogP contribution >= 0.6 is 15.9 Å². The third-order valence-electron chi connectivity index (χ3n) is 4.82. The molecule has 0 saturated carbocycles. The van der Waals surface area contributed by atoms with E-state index in [4.69, 9.17) is 4.42 Å². The molecule has 0 radical (unpaired) electrons. The quantitative estimate of drug-likeness (QED) is 0.212. The molecule has 0 unspecified atom stereocenters. The molecule has 6 heteroatoms. The molecule has 5 rings (SSSR count). The monoisotopic (exact) mass is 469 g/mol. The van der Waals surface area contributed by atoms with Crippen LogP contribution in [0.2, 0.25) is 0 Å². The van der Waals surface area contributed by atoms with Crippen molar-refractivity contribution in [1.82, 2.24) is 0 Å². The predicted octanol–water partition coefficient (Wildman–Crippen LogP) is 8.22. The number of fused-ring (bicyclic) bond motifs is 3. The maximum absolute atomic E-state index is 10.2. The van der Waals surface area contributed by atoms with Crippen molar-refractivity contribution in [3.05, 3.63) is 95.0 Å². The first-order valence-corrected chi connectivity index (χ1v) is 10.4. The molecule has 0 fully saturated rings. The lowest BCUT2D eigenvalue weighted by molar-refractivity contribution is 0.474. The Labute approximate surface area is 186 Å². The van der Waals surface area contributed by atoms with E-state index in [0.29, 0.717) is 11.3 Å². The number of hydrogen-bond acceptors (Lipinski definition) is 5. The van der Waals surface area contributed by atoms with Crippen LogP contribution in [0.1, 0.15) is 5.56 Å². The number of benzene rings is 4. The van der Waals surface area contributed by atoms with Crippen molar-refractivity contribution < 1.29 is 9.52 Å². The Morgan fingerprint density at radius 1 is 0.710 bits per heavy atom. The molecule has 1 heterocycles. The number of nitrogens with zero attached hydrogens (tertiary/aromatic N) is 3. The van der Waals surface area contributed by atoms with Crippen LogP contribution in [0.4, 0.5) is 17.1 Å². The summed E-state index contributed by atoms with van der Waals surface area (Å²) in [6.07, 6.45) is 1.61. The van der Waals surface area contributed by atoms with Gasteiger partial charge in [-0.25, -0.2) is 0 Å². The minimum absolute atomic E-state index is 0.120. The summed E-state index contributed by atoms with van der Waals surface area (Å²) >= 11 is 3.42. The summed E-state index contributed by atoms with van der Waals surface area (Å²) in [5, 5.41) is 20.8. The molecule has 0 saturated heterocycles. The molecule has 1 N–H and O–H groups in total. The van der Waals surface area contributed by atoms with Crippen molar-refractivity contribution in [1.29, 1.82) is 0 Å². The van der Waals surface area contributed by atoms with Crippen LogP contribution in [0.25, 0.3) is 21.9 Å². The summed E-state index contributed by atoms with van der Waals surface area (Å²) in [6, 6.07) is 26.3. The van der Waals surface area contributed by atoms with E-state index in [1.807, 2.05) is 66.7 Å². The molecule has 4 aromatic carbocycles. The van der Waals surface area contributed by atoms with Crippen molar-refractivity contribution >= 4 is 61.1 Å². The van der Waals surface area contributed by atoms with Gasteiger partial charge in [0.1, 0.15) is 16.9 Å². The third kappa shape index (κ3) is 4.11. The van der Waals surface area contributed by atoms with E-state index in [-0.39, 0.29) is 5.75 Å². The second kappa shape index (κ2) is 8.16. The average Bonchev–Trinajstić information content (AvgIpc) is 3.15. The van der Waals surface area contributed by atoms with Crippen LogP contribution in [-0.2, 0) is 0 Å². The van der Waals surface area contributed by atoms with Gasteiger partial charge in [-0.3, -0.25) is 4.99 Å². The molecule has 0 aliphatic carbocycles. The normalized spacial score (nSPS) is 11.9. The van der Waals surface area contributed by atoms with Gasteiger partial charge in [0, 0.05) is 33.1 Å². The van der Waals surface area contributed by atoms with Crippen molar-refractivity contribution in [2.24, 2.45) is 15.2 Å². The first-order chi connectivity index (χ1) is 15.2. The second-order valence-electron chi connectivity index (χ2n) is 6.96. The highest BCUT2D eigenvalue weighted by Crippen LogP contribution is 2.31. The molecule has 0 aliphatic rings. The zero-order chi connectivity index (χ0) is 21.2. The van der Waals surface area contributed by atoms with Gasteiger partial charge in [0.15, 0.2) is 0 Å². The Hall–Kier alpha value is -3.77. The number of phenolic OH excluding ortho intramolecular Hbond substituents is 1. The fraction of sp³-hybridized carbons (Fsp3) is 0. The molecule has 0 spiro atoms. The number of furan rings is 1. The SMILES string of the molecule is Oc1ccc(N=Nc2cccc(Br)c2)cc1C=Nc1ccc2c(c1)oc1ccccc12. The Kier molecular flexibility index (Phi) is 5.06. The van der Waals surface area contributed by atoms with Crippen LogP contribution < -0.4 is 0 Å². The van der Waals surface area contributed by atoms with Gasteiger partial charge in [-0.15, -0.1) is 0 Å². The van der Waals surface area contributed by atoms with E-state index in [1.54, 1.807) is 24.4 Å². The molecule has 0 amide bonds. The lowest BCUT2D eigenvalue weighted by atomic mass is 10.1. The van der Waals surface area contributed by atoms with Crippen LogP contribution in [0.3, 0.4) is 0 Å². The van der Waals surface area contributed by atoms with Crippen molar-refractivity contribution in [2.75, 3.05) is 0 Å². The highest BCUT2D eigenvalue weighted by Gasteiger charge is 2.06. The van der Waals surface area contributed by atoms with E-state index in [2.05, 4.69) is 31.2 Å². The summed E-state index contributed by atoms with van der Waals surface area (Å²) in [6.45, 7) is 0. The fourth-order valence-electron chi connectivity index (χ4n) is 3.30. The summed E-state index contributed by atoms with van der Waals surface area (Å²) in [5.41, 5.74) is 4.25. The first kappa shape index (κ1) is 19.2. The minimum Gasteiger partial charge on any atom is -0.507 e. The van der Waals surface area contributed by atoms with Gasteiger partial charge in [0.05, 0.1) is 17.1 Å². The van der Waals surface area contributed by atoms with Gasteiger partial charge in [0.2, 0.25) is 0 Å². The van der Waals surface area contributed by atoms with Gasteiger partial charge < -0.3 is 9.52 Å². The average molecular weight is 470 g/mol. The molecule has 150 valence electrons. The summed E-state index contributed by atoms with van der Waals surface area (Å²) in [5.74, 6) is 0.120. The molecule has 1 aromatic heterocycles. The zero-order valence-electron chi connectivity index (χ0n) is 16.2. The number of rotatable bonds is 4. The molecule has 31 heavy (non-hydrogen) atoms. The first-order valence-electron chi connectivity index (χ1n) is 9.61. The van der Waals surface area contributed by atoms with Crippen molar-refractivity contribution in [3.63, 3.8) is 0 Å². The Morgan fingerprint density at radius 2 is 1.48 bits per heavy atom. The lowest BCUT2D eigenvalue weighted by Gasteiger charge is -2.01. The molecule has 5 aromatic rings. The largest absolute Gasteiger partial charge is 0.507 e. The second-order valence-corrected chi connectivity index (χ2v) is 7.88. The van der Waals surface area contributed by atoms with Gasteiger partial charge in [-0.05, 0) is 54.6 Å². The standard InChI is InChI=1S/C25H16BrN3O2/c26-17-4-3-5-19(13-17)28-29-20-9-11-23(30)16(12-20)15-27-18-8-10-22-21-6-1-2-7-24(21)31-25(22)14-18/h1-15,30H. The third-order valence-corrected chi connectivity index (χ3v) is 5.31. The Morgan fingerprint density at radius 3 is 2.35 bits per heavy atom. The molecule has 0 bridgehead atoms. The van der Waals surface area contributed by atoms with Gasteiger partial charge in [-0.2, -0.15) is 10.2 Å².